The number of ether oxygens (including phenoxy) is 2. The Morgan fingerprint density at radius 1 is 0.476 bits per heavy atom. The second-order valence-electron chi connectivity index (χ2n) is 13.9. The number of benzene rings is 4. The molecule has 3 aromatic heterocycles. The van der Waals surface area contributed by atoms with E-state index >= 15 is 0 Å². The van der Waals surface area contributed by atoms with E-state index < -0.39 is 11.9 Å². The summed E-state index contributed by atoms with van der Waals surface area (Å²) in [5.41, 5.74) is 5.78. The first-order valence-electron chi connectivity index (χ1n) is 20.4. The summed E-state index contributed by atoms with van der Waals surface area (Å²) in [5, 5.41) is 21.6. The van der Waals surface area contributed by atoms with E-state index in [2.05, 4.69) is 9.47 Å². The largest absolute Gasteiger partial charge is 0.512 e. The zero-order chi connectivity index (χ0) is 43.6. The van der Waals surface area contributed by atoms with Crippen LogP contribution in [-0.2, 0) is 44.9 Å². The molecule has 0 atom stereocenters. The number of carbonyl (C=O) groups is 2. The molecule has 0 unspecified atom stereocenters. The molecule has 0 fully saturated rings. The van der Waals surface area contributed by atoms with E-state index in [1.54, 1.807) is 13.8 Å². The van der Waals surface area contributed by atoms with E-state index in [0.717, 1.165) is 68.8 Å². The average Bonchev–Trinajstić information content (AvgIpc) is 4.00. The topological polar surface area (TPSA) is 199 Å². The summed E-state index contributed by atoms with van der Waals surface area (Å²) in [4.78, 5) is 60.6. The molecule has 0 amide bonds. The number of rotatable bonds is 8. The predicted octanol–water partition coefficient (Wildman–Crippen LogP) is 9.71. The molecule has 4 aromatic carbocycles. The van der Waals surface area contributed by atoms with Crippen molar-refractivity contribution in [3.8, 4) is 45.6 Å². The molecule has 0 aliphatic carbocycles. The van der Waals surface area contributed by atoms with Gasteiger partial charge >= 0.3 is 11.9 Å². The van der Waals surface area contributed by atoms with Crippen LogP contribution in [0.15, 0.2) is 121 Å². The fourth-order valence-corrected chi connectivity index (χ4v) is 6.76. The number of aliphatic hydroxyl groups excluding tert-OH is 2. The first-order valence-corrected chi connectivity index (χ1v) is 20.4. The number of aromatic nitrogens is 8. The van der Waals surface area contributed by atoms with Gasteiger partial charge in [-0.15, -0.1) is 0 Å². The molecule has 8 bridgehead atoms. The molecule has 5 heterocycles. The maximum Gasteiger partial charge on any atom is 0.334 e. The third-order valence-corrected chi connectivity index (χ3v) is 9.48. The number of esters is 2. The van der Waals surface area contributed by atoms with Gasteiger partial charge in [-0.05, 0) is 48.2 Å². The van der Waals surface area contributed by atoms with Crippen molar-refractivity contribution in [3.63, 3.8) is 0 Å². The van der Waals surface area contributed by atoms with Gasteiger partial charge in [0.05, 0.1) is 60.2 Å². The normalized spacial score (nSPS) is 11.6. The molecular formula is C48H44HfN8O6-2. The zero-order valence-corrected chi connectivity index (χ0v) is 38.8. The van der Waals surface area contributed by atoms with Crippen LogP contribution in [0.4, 0.5) is 0 Å². The molecule has 7 aromatic rings. The second kappa shape index (κ2) is 21.3. The molecule has 14 nitrogen and oxygen atoms in total. The molecule has 0 saturated heterocycles. The van der Waals surface area contributed by atoms with Gasteiger partial charge in [0, 0.05) is 83.5 Å². The Hall–Kier alpha value is -6.87. The molecule has 9 rings (SSSR count). The van der Waals surface area contributed by atoms with Gasteiger partial charge in [0.25, 0.3) is 0 Å². The van der Waals surface area contributed by atoms with E-state index in [1.165, 1.54) is 0 Å². The molecule has 318 valence electrons. The maximum absolute atomic E-state index is 10.7. The Balaban J connectivity index is 0.000000240. The molecule has 0 radical (unpaired) electrons. The third-order valence-electron chi connectivity index (χ3n) is 9.48. The fourth-order valence-electron chi connectivity index (χ4n) is 6.76. The summed E-state index contributed by atoms with van der Waals surface area (Å²) in [6.07, 6.45) is 4.93. The van der Waals surface area contributed by atoms with E-state index in [-0.39, 0.29) is 37.4 Å². The molecule has 0 spiro atoms. The molecule has 2 N–H and O–H groups in total. The van der Waals surface area contributed by atoms with Crippen LogP contribution in [0.1, 0.15) is 53.4 Å². The van der Waals surface area contributed by atoms with Crippen molar-refractivity contribution < 1.29 is 55.1 Å². The Labute approximate surface area is 382 Å². The minimum Gasteiger partial charge on any atom is -0.512 e. The van der Waals surface area contributed by atoms with Crippen molar-refractivity contribution in [1.29, 1.82) is 0 Å². The minimum absolute atomic E-state index is 0. The minimum atomic E-state index is -0.474. The van der Waals surface area contributed by atoms with Gasteiger partial charge in [-0.25, -0.2) is 19.6 Å². The van der Waals surface area contributed by atoms with E-state index in [1.807, 2.05) is 111 Å². The Kier molecular flexibility index (Phi) is 15.4. The number of allylic oxidation sites excluding steroid dienone is 2. The van der Waals surface area contributed by atoms with Gasteiger partial charge in [0.2, 0.25) is 0 Å². The smallest absolute Gasteiger partial charge is 0.334 e. The fraction of sp³-hybridized carbons (Fsp3) is 0.208. The van der Waals surface area contributed by atoms with Gasteiger partial charge in [-0.2, -0.15) is 0 Å². The molecule has 2 aliphatic heterocycles. The van der Waals surface area contributed by atoms with Crippen LogP contribution in [0.5, 0.6) is 0 Å². The third kappa shape index (κ3) is 10.6. The predicted molar refractivity (Wildman–Crippen MR) is 238 cm³/mol. The standard InChI is InChI=1S/C32H16N8.2C8H14O3.Hf/c1-2-10-18-17(9-1)25-33-26(18)38-28-21-13-5-6-14-22(21)30(35-28)40-32-24-16-8-7-15-23(24)31(36-32)39-29-20-12-4-3-11-19(20)27(34-29)37-25;2*1-3-5-7(9)6-8(10)11-4-2;/h1-16H;2*6,9H,3-5H2,1-2H3;/q-2;;;/b;2*7-6+;. The average molecular weight is 1010 g/mol. The van der Waals surface area contributed by atoms with Crippen molar-refractivity contribution >= 4 is 56.1 Å². The Bertz CT molecular complexity index is 2660. The Morgan fingerprint density at radius 2 is 0.746 bits per heavy atom. The van der Waals surface area contributed by atoms with Crippen molar-refractivity contribution in [1.82, 2.24) is 39.9 Å². The SMILES string of the molecule is CCC/C(O)=C\C(=O)OCC.CCC/C(O)=C\C(=O)OCC.[Hf].c1ccc2c(c1)-c1nc-2nc2[n-]c(nc3nc(nc4[n-]c(n1)c1ccccc41)-c1ccccc1-3)c1ccccc21. The van der Waals surface area contributed by atoms with Crippen molar-refractivity contribution in [2.45, 2.75) is 53.4 Å². The van der Waals surface area contributed by atoms with Gasteiger partial charge in [0.15, 0.2) is 0 Å². The number of nitrogens with zero attached hydrogens (tertiary/aromatic N) is 8. The number of hydrogen-bond acceptors (Lipinski definition) is 12. The summed E-state index contributed by atoms with van der Waals surface area (Å²) < 4.78 is 9.17. The molecule has 15 heteroatoms. The van der Waals surface area contributed by atoms with Gasteiger partial charge in [-0.1, -0.05) is 111 Å². The van der Waals surface area contributed by atoms with E-state index in [0.29, 0.717) is 71.9 Å². The van der Waals surface area contributed by atoms with Crippen LogP contribution >= 0.6 is 0 Å². The van der Waals surface area contributed by atoms with E-state index in [9.17, 15) is 9.59 Å². The first-order chi connectivity index (χ1) is 30.2. The number of carbonyl (C=O) groups excluding carboxylic acids is 2. The maximum atomic E-state index is 10.7. The van der Waals surface area contributed by atoms with Crippen LogP contribution < -0.4 is 9.97 Å². The molecule has 2 aliphatic rings. The summed E-state index contributed by atoms with van der Waals surface area (Å²) in [7, 11) is 0. The molecule has 63 heavy (non-hydrogen) atoms. The van der Waals surface area contributed by atoms with Crippen LogP contribution in [-0.4, -0.2) is 65.3 Å². The zero-order valence-electron chi connectivity index (χ0n) is 35.2. The quantitative estimate of drug-likeness (QED) is 0.0631. The second-order valence-corrected chi connectivity index (χ2v) is 13.9. The van der Waals surface area contributed by atoms with Crippen molar-refractivity contribution in [2.24, 2.45) is 0 Å². The summed E-state index contributed by atoms with van der Waals surface area (Å²) in [5.74, 6) is 1.44. The van der Waals surface area contributed by atoms with Crippen molar-refractivity contribution in [3.05, 3.63) is 121 Å². The summed E-state index contributed by atoms with van der Waals surface area (Å²) >= 11 is 0. The first kappa shape index (κ1) is 45.7. The monoisotopic (exact) mass is 1010 g/mol. The number of aliphatic hydroxyl groups is 2. The van der Waals surface area contributed by atoms with Crippen LogP contribution in [0.2, 0.25) is 0 Å². The van der Waals surface area contributed by atoms with Gasteiger partial charge in [0.1, 0.15) is 0 Å². The molecule has 0 saturated carbocycles. The summed E-state index contributed by atoms with van der Waals surface area (Å²) in [6.45, 7) is 7.99. The number of hydrogen-bond donors (Lipinski definition) is 2. The number of fused-ring (bicyclic) bond motifs is 20. The van der Waals surface area contributed by atoms with Crippen LogP contribution in [0.3, 0.4) is 0 Å². The molecular weight excluding hydrogens is 963 g/mol. The van der Waals surface area contributed by atoms with Gasteiger partial charge < -0.3 is 49.6 Å². The van der Waals surface area contributed by atoms with Gasteiger partial charge in [-0.3, -0.25) is 0 Å². The Morgan fingerprint density at radius 3 is 1.00 bits per heavy atom. The van der Waals surface area contributed by atoms with Crippen molar-refractivity contribution in [2.75, 3.05) is 13.2 Å². The van der Waals surface area contributed by atoms with E-state index in [4.69, 9.17) is 50.1 Å². The van der Waals surface area contributed by atoms with Crippen LogP contribution in [0.25, 0.3) is 89.7 Å². The summed E-state index contributed by atoms with van der Waals surface area (Å²) in [6, 6.07) is 31.8. The van der Waals surface area contributed by atoms with Crippen LogP contribution in [0, 0.1) is 0 Å².